The van der Waals surface area contributed by atoms with Crippen LogP contribution in [0.15, 0.2) is 64.0 Å². The largest absolute Gasteiger partial charge is 0.478 e. The Morgan fingerprint density at radius 1 is 0.879 bits per heavy atom. The van der Waals surface area contributed by atoms with E-state index in [1.54, 1.807) is 24.3 Å². The molecule has 1 aliphatic heterocycles. The Hall–Kier alpha value is -4.73. The second kappa shape index (κ2) is 8.08. The lowest BCUT2D eigenvalue weighted by Gasteiger charge is -2.04. The van der Waals surface area contributed by atoms with Crippen molar-refractivity contribution in [1.82, 2.24) is 14.8 Å². The van der Waals surface area contributed by atoms with E-state index in [9.17, 15) is 19.2 Å². The van der Waals surface area contributed by atoms with Gasteiger partial charge in [-0.25, -0.2) is 14.6 Å². The summed E-state index contributed by atoms with van der Waals surface area (Å²) in [7, 11) is 3.01. The highest BCUT2D eigenvalue weighted by molar-refractivity contribution is 6.33. The van der Waals surface area contributed by atoms with Crippen LogP contribution < -0.4 is 5.56 Å². The van der Waals surface area contributed by atoms with Crippen molar-refractivity contribution in [2.45, 2.75) is 0 Å². The van der Waals surface area contributed by atoms with Gasteiger partial charge in [0.2, 0.25) is 0 Å². The molecule has 2 aromatic carbocycles. The number of hydrazone groups is 1. The molecule has 33 heavy (non-hydrogen) atoms. The van der Waals surface area contributed by atoms with E-state index in [4.69, 9.17) is 10.2 Å². The maximum atomic E-state index is 12.8. The number of carbonyl (C=O) groups excluding carboxylic acids is 1. The average molecular weight is 446 g/mol. The van der Waals surface area contributed by atoms with E-state index in [-0.39, 0.29) is 27.8 Å². The first kappa shape index (κ1) is 21.5. The van der Waals surface area contributed by atoms with Gasteiger partial charge in [0.1, 0.15) is 5.71 Å². The number of rotatable bonds is 5. The third kappa shape index (κ3) is 3.85. The van der Waals surface area contributed by atoms with Crippen LogP contribution in [-0.4, -0.2) is 55.6 Å². The molecule has 0 unspecified atom stereocenters. The zero-order valence-corrected chi connectivity index (χ0v) is 17.6. The fourth-order valence-corrected chi connectivity index (χ4v) is 3.48. The lowest BCUT2D eigenvalue weighted by molar-refractivity contribution is -0.124. The van der Waals surface area contributed by atoms with Crippen LogP contribution in [0.4, 0.5) is 0 Å². The quantitative estimate of drug-likeness (QED) is 0.512. The number of hydrogen-bond donors (Lipinski definition) is 3. The van der Waals surface area contributed by atoms with Gasteiger partial charge in [-0.2, -0.15) is 5.10 Å². The number of amides is 1. The summed E-state index contributed by atoms with van der Waals surface area (Å²) >= 11 is 0. The number of hydrogen-bond acceptors (Lipinski definition) is 5. The van der Waals surface area contributed by atoms with Gasteiger partial charge in [0.15, 0.2) is 0 Å². The number of aryl methyl sites for hydroxylation is 1. The minimum atomic E-state index is -1.08. The van der Waals surface area contributed by atoms with Gasteiger partial charge in [0, 0.05) is 25.2 Å². The SMILES string of the molecule is CN1N=C(c2ccc(C(=O)O)cc2)C(=Cc2c(-c3ccc(C(=O)O)cc3)[nH]n(C)c2=O)C1=O. The van der Waals surface area contributed by atoms with Crippen LogP contribution in [0, 0.1) is 0 Å². The Bertz CT molecular complexity index is 1410. The third-order valence-corrected chi connectivity index (χ3v) is 5.23. The van der Waals surface area contributed by atoms with Crippen molar-refractivity contribution in [3.63, 3.8) is 0 Å². The lowest BCUT2D eigenvalue weighted by atomic mass is 9.98. The van der Waals surface area contributed by atoms with Crippen LogP contribution in [-0.2, 0) is 11.8 Å². The third-order valence-electron chi connectivity index (χ3n) is 5.23. The molecular weight excluding hydrogens is 428 g/mol. The van der Waals surface area contributed by atoms with Crippen LogP contribution in [0.5, 0.6) is 0 Å². The van der Waals surface area contributed by atoms with Gasteiger partial charge in [-0.3, -0.25) is 19.4 Å². The number of benzene rings is 2. The van der Waals surface area contributed by atoms with E-state index < -0.39 is 17.8 Å². The van der Waals surface area contributed by atoms with Crippen molar-refractivity contribution in [1.29, 1.82) is 0 Å². The minimum Gasteiger partial charge on any atom is -0.478 e. The summed E-state index contributed by atoms with van der Waals surface area (Å²) in [5.74, 6) is -2.57. The molecule has 1 aromatic heterocycles. The second-order valence-electron chi connectivity index (χ2n) is 7.37. The topological polar surface area (TPSA) is 145 Å². The Morgan fingerprint density at radius 2 is 1.39 bits per heavy atom. The van der Waals surface area contributed by atoms with Crippen molar-refractivity contribution >= 4 is 29.6 Å². The standard InChI is InChI=1S/C23H18N4O6/c1-26-20(28)16(18(24-26)12-3-7-14(8-4-12)22(30)31)11-17-19(25-27(2)21(17)29)13-5-9-15(10-6-13)23(32)33/h3-11,24H,1-2H3,(H,30,31)(H,32,33). The number of H-pyrrole nitrogens is 1. The second-order valence-corrected chi connectivity index (χ2v) is 7.37. The molecule has 2 heterocycles. The van der Waals surface area contributed by atoms with Crippen molar-refractivity contribution in [3.8, 4) is 11.3 Å². The van der Waals surface area contributed by atoms with Crippen molar-refractivity contribution in [3.05, 3.63) is 86.7 Å². The zero-order chi connectivity index (χ0) is 23.9. The van der Waals surface area contributed by atoms with Gasteiger partial charge in [-0.1, -0.05) is 24.3 Å². The molecule has 4 rings (SSSR count). The van der Waals surface area contributed by atoms with E-state index in [0.29, 0.717) is 22.5 Å². The molecule has 166 valence electrons. The summed E-state index contributed by atoms with van der Waals surface area (Å²) in [6, 6.07) is 11.9. The highest BCUT2D eigenvalue weighted by atomic mass is 16.4. The first-order valence-corrected chi connectivity index (χ1v) is 9.72. The Labute approximate surface area is 186 Å². The molecule has 10 nitrogen and oxygen atoms in total. The molecular formula is C23H18N4O6. The smallest absolute Gasteiger partial charge is 0.335 e. The zero-order valence-electron chi connectivity index (χ0n) is 17.6. The van der Waals surface area contributed by atoms with Gasteiger partial charge in [-0.15, -0.1) is 0 Å². The molecule has 3 aromatic rings. The summed E-state index contributed by atoms with van der Waals surface area (Å²) in [6.07, 6.45) is 1.44. The predicted molar refractivity (Wildman–Crippen MR) is 119 cm³/mol. The van der Waals surface area contributed by atoms with E-state index >= 15 is 0 Å². The number of carboxylic acid groups (broad SMARTS) is 2. The Kier molecular flexibility index (Phi) is 5.26. The minimum absolute atomic E-state index is 0.0918. The molecule has 0 fully saturated rings. The van der Waals surface area contributed by atoms with Crippen LogP contribution in [0.2, 0.25) is 0 Å². The van der Waals surface area contributed by atoms with Gasteiger partial charge in [0.05, 0.1) is 28.0 Å². The van der Waals surface area contributed by atoms with E-state index in [2.05, 4.69) is 10.2 Å². The molecule has 1 aliphatic rings. The molecule has 0 saturated heterocycles. The molecule has 10 heteroatoms. The molecule has 0 bridgehead atoms. The monoisotopic (exact) mass is 446 g/mol. The van der Waals surface area contributed by atoms with E-state index in [1.807, 2.05) is 0 Å². The molecule has 0 aliphatic carbocycles. The highest BCUT2D eigenvalue weighted by Gasteiger charge is 2.30. The Morgan fingerprint density at radius 3 is 1.91 bits per heavy atom. The van der Waals surface area contributed by atoms with E-state index in [0.717, 1.165) is 5.01 Å². The number of nitrogens with one attached hydrogen (secondary N) is 1. The number of nitrogens with zero attached hydrogens (tertiary/aromatic N) is 3. The summed E-state index contributed by atoms with van der Waals surface area (Å²) in [5.41, 5.74) is 1.97. The number of aromatic amines is 1. The molecule has 0 saturated carbocycles. The summed E-state index contributed by atoms with van der Waals surface area (Å²) in [6.45, 7) is 0. The molecule has 0 radical (unpaired) electrons. The first-order chi connectivity index (χ1) is 15.7. The van der Waals surface area contributed by atoms with Gasteiger partial charge >= 0.3 is 11.9 Å². The van der Waals surface area contributed by atoms with Gasteiger partial charge in [0.25, 0.3) is 11.5 Å². The summed E-state index contributed by atoms with van der Waals surface area (Å²) < 4.78 is 1.26. The highest BCUT2D eigenvalue weighted by Crippen LogP contribution is 2.26. The normalized spacial score (nSPS) is 14.6. The van der Waals surface area contributed by atoms with Gasteiger partial charge in [-0.05, 0) is 30.3 Å². The predicted octanol–water partition coefficient (Wildman–Crippen LogP) is 2.04. The Balaban J connectivity index is 1.82. The van der Waals surface area contributed by atoms with Gasteiger partial charge < -0.3 is 10.2 Å². The number of likely N-dealkylation sites (N-methyl/N-ethyl adjacent to an activating group) is 1. The summed E-state index contributed by atoms with van der Waals surface area (Å²) in [5, 5.41) is 26.6. The lowest BCUT2D eigenvalue weighted by Crippen LogP contribution is -2.18. The maximum absolute atomic E-state index is 12.8. The number of carboxylic acids is 2. The fourth-order valence-electron chi connectivity index (χ4n) is 3.48. The summed E-state index contributed by atoms with van der Waals surface area (Å²) in [4.78, 5) is 47.9. The number of carbonyl (C=O) groups is 3. The number of aromatic nitrogens is 2. The van der Waals surface area contributed by atoms with E-state index in [1.165, 1.54) is 49.1 Å². The molecule has 0 spiro atoms. The van der Waals surface area contributed by atoms with Crippen molar-refractivity contribution < 1.29 is 24.6 Å². The van der Waals surface area contributed by atoms with Crippen molar-refractivity contribution in [2.75, 3.05) is 7.05 Å². The number of aromatic carboxylic acids is 2. The van der Waals surface area contributed by atoms with Crippen molar-refractivity contribution in [2.24, 2.45) is 12.1 Å². The van der Waals surface area contributed by atoms with Crippen LogP contribution in [0.1, 0.15) is 31.8 Å². The fraction of sp³-hybridized carbons (Fsp3) is 0.0870. The molecule has 3 N–H and O–H groups in total. The van der Waals surface area contributed by atoms with Crippen LogP contribution in [0.25, 0.3) is 17.3 Å². The molecule has 0 atom stereocenters. The van der Waals surface area contributed by atoms with Crippen LogP contribution >= 0.6 is 0 Å². The molecule has 1 amide bonds. The first-order valence-electron chi connectivity index (χ1n) is 9.72. The van der Waals surface area contributed by atoms with Crippen LogP contribution in [0.3, 0.4) is 0 Å². The maximum Gasteiger partial charge on any atom is 0.335 e. The average Bonchev–Trinajstić information content (AvgIpc) is 3.24.